The predicted octanol–water partition coefficient (Wildman–Crippen LogP) is 0.916. The molecule has 0 aliphatic heterocycles. The first-order chi connectivity index (χ1) is 18.3. The summed E-state index contributed by atoms with van der Waals surface area (Å²) in [6.07, 6.45) is -0.0228. The van der Waals surface area contributed by atoms with E-state index >= 15 is 0 Å². The Hall–Kier alpha value is -3.77. The van der Waals surface area contributed by atoms with Crippen molar-refractivity contribution in [3.05, 3.63) is 69.5 Å². The number of hydrogen-bond acceptors (Lipinski definition) is 10. The molecule has 3 aromatic rings. The van der Waals surface area contributed by atoms with E-state index in [1.54, 1.807) is 0 Å². The number of carbonyl (C=O) groups excluding carboxylic acids is 1. The van der Waals surface area contributed by atoms with Gasteiger partial charge in [0.05, 0.1) is 10.2 Å². The van der Waals surface area contributed by atoms with E-state index in [1.165, 1.54) is 12.1 Å². The second-order valence-corrected chi connectivity index (χ2v) is 12.6. The van der Waals surface area contributed by atoms with Gasteiger partial charge in [0.2, 0.25) is 5.88 Å². The number of carbonyl (C=O) groups is 1. The molecule has 214 valence electrons. The van der Waals surface area contributed by atoms with E-state index in [2.05, 4.69) is 10.2 Å². The van der Waals surface area contributed by atoms with Crippen molar-refractivity contribution in [3.8, 4) is 5.88 Å². The number of hydrogen-bond donors (Lipinski definition) is 6. The Kier molecular flexibility index (Phi) is 8.47. The summed E-state index contributed by atoms with van der Waals surface area (Å²) in [6, 6.07) is 7.39. The maximum absolute atomic E-state index is 13.2. The molecule has 0 fully saturated rings. The number of pyridine rings is 1. The summed E-state index contributed by atoms with van der Waals surface area (Å²) in [5.74, 6) is -2.04. The molecule has 0 bridgehead atoms. The zero-order valence-corrected chi connectivity index (χ0v) is 22.8. The molecule has 0 aliphatic rings. The molecule has 19 heteroatoms. The summed E-state index contributed by atoms with van der Waals surface area (Å²) in [7, 11) is -14.7. The summed E-state index contributed by atoms with van der Waals surface area (Å²) >= 11 is 0. The van der Waals surface area contributed by atoms with Gasteiger partial charge in [-0.2, -0.15) is 16.8 Å². The Labute approximate surface area is 226 Å². The van der Waals surface area contributed by atoms with Crippen LogP contribution in [0.2, 0.25) is 0 Å². The van der Waals surface area contributed by atoms with Gasteiger partial charge in [0.25, 0.3) is 31.7 Å². The van der Waals surface area contributed by atoms with Crippen molar-refractivity contribution < 1.29 is 50.2 Å². The fraction of sp³-hybridized carbons (Fsp3) is 0.143. The molecule has 0 aliphatic carbocycles. The van der Waals surface area contributed by atoms with Crippen molar-refractivity contribution in [3.63, 3.8) is 0 Å². The molecule has 1 amide bonds. The van der Waals surface area contributed by atoms with Gasteiger partial charge in [-0.15, -0.1) is 10.2 Å². The minimum atomic E-state index is -5.18. The fourth-order valence-electron chi connectivity index (χ4n) is 3.65. The number of azo groups is 1. The van der Waals surface area contributed by atoms with Crippen molar-refractivity contribution in [1.82, 2.24) is 4.57 Å². The molecule has 0 spiro atoms. The van der Waals surface area contributed by atoms with Crippen LogP contribution in [-0.2, 0) is 37.8 Å². The van der Waals surface area contributed by atoms with E-state index < -0.39 is 72.3 Å². The molecule has 0 atom stereocenters. The standard InChI is InChI=1S/C21H21N4O12PS2/c1-11-16(19(22)26)20(27)25(10-9-12-5-7-13(8-6-12)39(32,33)34)21(28)17(11)23-24-18-14(38(29,30)31)3-2-4-15(18)40(35,36)37/h2-8,27H,9-10H2,1H3,(H2,22,26)(H2,29,30,31)(H,32,33,34)(H,35,36,37). The summed E-state index contributed by atoms with van der Waals surface area (Å²) < 4.78 is 77.3. The summed E-state index contributed by atoms with van der Waals surface area (Å²) in [5.41, 5.74) is 2.24. The average Bonchev–Trinajstić information content (AvgIpc) is 2.82. The molecular weight excluding hydrogens is 595 g/mol. The number of rotatable bonds is 9. The van der Waals surface area contributed by atoms with Gasteiger partial charge in [-0.1, -0.05) is 18.2 Å². The third kappa shape index (κ3) is 6.50. The lowest BCUT2D eigenvalue weighted by Crippen LogP contribution is -2.26. The van der Waals surface area contributed by atoms with E-state index in [4.69, 9.17) is 10.3 Å². The van der Waals surface area contributed by atoms with Crippen LogP contribution in [0.4, 0.5) is 11.4 Å². The van der Waals surface area contributed by atoms with Gasteiger partial charge in [-0.3, -0.25) is 27.8 Å². The lowest BCUT2D eigenvalue weighted by atomic mass is 10.1. The smallest absolute Gasteiger partial charge is 0.358 e. The number of aromatic nitrogens is 1. The molecule has 3 rings (SSSR count). The molecule has 1 aromatic heterocycles. The minimum absolute atomic E-state index is 0.0228. The van der Waals surface area contributed by atoms with Crippen LogP contribution >= 0.6 is 7.60 Å². The molecule has 0 unspecified atom stereocenters. The molecule has 40 heavy (non-hydrogen) atoms. The number of nitrogens with zero attached hydrogens (tertiary/aromatic N) is 3. The first-order valence-corrected chi connectivity index (χ1v) is 15.2. The van der Waals surface area contributed by atoms with Crippen LogP contribution in [0.3, 0.4) is 0 Å². The Morgan fingerprint density at radius 3 is 2.05 bits per heavy atom. The normalized spacial score (nSPS) is 12.6. The van der Waals surface area contributed by atoms with E-state index in [0.717, 1.165) is 37.3 Å². The highest BCUT2D eigenvalue weighted by atomic mass is 32.2. The van der Waals surface area contributed by atoms with E-state index in [9.17, 15) is 50.4 Å². The van der Waals surface area contributed by atoms with Gasteiger partial charge >= 0.3 is 7.60 Å². The van der Waals surface area contributed by atoms with Crippen LogP contribution in [0.25, 0.3) is 0 Å². The van der Waals surface area contributed by atoms with Gasteiger partial charge in [0.1, 0.15) is 16.1 Å². The van der Waals surface area contributed by atoms with Crippen molar-refractivity contribution >= 4 is 50.4 Å². The van der Waals surface area contributed by atoms with Crippen LogP contribution in [0.1, 0.15) is 21.5 Å². The van der Waals surface area contributed by atoms with E-state index in [1.807, 2.05) is 0 Å². The first kappa shape index (κ1) is 30.8. The van der Waals surface area contributed by atoms with Gasteiger partial charge in [0, 0.05) is 12.1 Å². The molecule has 0 saturated heterocycles. The number of nitrogens with two attached hydrogens (primary N) is 1. The third-order valence-corrected chi connectivity index (χ3v) is 8.31. The van der Waals surface area contributed by atoms with E-state index in [-0.39, 0.29) is 23.4 Å². The number of primary amides is 1. The second-order valence-electron chi connectivity index (χ2n) is 8.21. The largest absolute Gasteiger partial charge is 0.494 e. The Balaban J connectivity index is 2.18. The Morgan fingerprint density at radius 2 is 1.55 bits per heavy atom. The maximum atomic E-state index is 13.2. The highest BCUT2D eigenvalue weighted by molar-refractivity contribution is 7.86. The fourth-order valence-corrected chi connectivity index (χ4v) is 5.57. The summed E-state index contributed by atoms with van der Waals surface area (Å²) in [4.78, 5) is 43.2. The minimum Gasteiger partial charge on any atom is -0.494 e. The number of amides is 1. The van der Waals surface area contributed by atoms with Gasteiger partial charge in [-0.25, -0.2) is 0 Å². The van der Waals surface area contributed by atoms with Crippen LogP contribution in [0, 0.1) is 6.92 Å². The molecule has 7 N–H and O–H groups in total. The van der Waals surface area contributed by atoms with Crippen molar-refractivity contribution in [2.45, 2.75) is 29.7 Å². The highest BCUT2D eigenvalue weighted by Crippen LogP contribution is 2.40. The van der Waals surface area contributed by atoms with Crippen LogP contribution < -0.4 is 16.6 Å². The topological polar surface area (TPSA) is 276 Å². The van der Waals surface area contributed by atoms with Gasteiger partial charge in [0.15, 0.2) is 5.69 Å². The van der Waals surface area contributed by atoms with Gasteiger partial charge < -0.3 is 20.6 Å². The lowest BCUT2D eigenvalue weighted by Gasteiger charge is -2.15. The monoisotopic (exact) mass is 616 g/mol. The Morgan fingerprint density at radius 1 is 0.975 bits per heavy atom. The van der Waals surface area contributed by atoms with E-state index in [0.29, 0.717) is 10.1 Å². The van der Waals surface area contributed by atoms with Crippen LogP contribution in [0.5, 0.6) is 5.88 Å². The first-order valence-electron chi connectivity index (χ1n) is 10.7. The quantitative estimate of drug-likeness (QED) is 0.111. The molecule has 0 saturated carbocycles. The molecule has 2 aromatic carbocycles. The SMILES string of the molecule is Cc1c(C(N)=O)c(O)n(CCc2ccc(S(=O)(=O)O)cc2)c(=O)c1N=Nc1c(P(=O)(O)O)cccc1S(=O)(=O)O. The number of aryl methyl sites for hydroxylation is 1. The third-order valence-electron chi connectivity index (χ3n) is 5.57. The van der Waals surface area contributed by atoms with Crippen LogP contribution in [-0.4, -0.2) is 51.3 Å². The van der Waals surface area contributed by atoms with Crippen molar-refractivity contribution in [2.24, 2.45) is 16.0 Å². The van der Waals surface area contributed by atoms with Gasteiger partial charge in [-0.05, 0) is 43.2 Å². The average molecular weight is 617 g/mol. The summed E-state index contributed by atoms with van der Waals surface area (Å²) in [5, 5.41) is 16.8. The predicted molar refractivity (Wildman–Crippen MR) is 138 cm³/mol. The van der Waals surface area contributed by atoms with Crippen molar-refractivity contribution in [1.29, 1.82) is 0 Å². The molecule has 1 heterocycles. The second kappa shape index (κ2) is 11.0. The maximum Gasteiger partial charge on any atom is 0.358 e. The molecular formula is C21H21N4O12PS2. The molecule has 0 radical (unpaired) electrons. The number of benzene rings is 2. The lowest BCUT2D eigenvalue weighted by molar-refractivity contribution is 0.0995. The molecule has 16 nitrogen and oxygen atoms in total. The van der Waals surface area contributed by atoms with Crippen molar-refractivity contribution in [2.75, 3.05) is 0 Å². The summed E-state index contributed by atoms with van der Waals surface area (Å²) in [6.45, 7) is 0.834. The zero-order valence-electron chi connectivity index (χ0n) is 20.2. The zero-order chi connectivity index (χ0) is 30.2. The number of aromatic hydroxyl groups is 1. The Bertz CT molecular complexity index is 1860. The highest BCUT2D eigenvalue weighted by Gasteiger charge is 2.29. The van der Waals surface area contributed by atoms with Crippen LogP contribution in [0.15, 0.2) is 67.3 Å².